The van der Waals surface area contributed by atoms with Gasteiger partial charge in [-0.05, 0) is 26.3 Å². The standard InChI is InChI=1S/C13H15BrN4O2/c1-8(2)17-12(7-14)15-16-13(17)11-6-10(18(19)20)5-4-9(11)3/h4-6,8H,7H2,1-3H3. The summed E-state index contributed by atoms with van der Waals surface area (Å²) in [6, 6.07) is 4.96. The summed E-state index contributed by atoms with van der Waals surface area (Å²) in [4.78, 5) is 10.5. The minimum atomic E-state index is -0.398. The fourth-order valence-corrected chi connectivity index (χ4v) is 2.49. The van der Waals surface area contributed by atoms with Crippen LogP contribution in [0.25, 0.3) is 11.4 Å². The Balaban J connectivity index is 2.65. The largest absolute Gasteiger partial charge is 0.308 e. The second-order valence-corrected chi connectivity index (χ2v) is 5.35. The average molecular weight is 339 g/mol. The first-order valence-electron chi connectivity index (χ1n) is 6.20. The first-order chi connectivity index (χ1) is 9.45. The SMILES string of the molecule is Cc1ccc([N+](=O)[O-])cc1-c1nnc(CBr)n1C(C)C. The summed E-state index contributed by atoms with van der Waals surface area (Å²) in [6.45, 7) is 5.98. The number of hydrogen-bond donors (Lipinski definition) is 0. The first kappa shape index (κ1) is 14.6. The zero-order valence-corrected chi connectivity index (χ0v) is 13.1. The van der Waals surface area contributed by atoms with Gasteiger partial charge in [0.15, 0.2) is 5.82 Å². The van der Waals surface area contributed by atoms with Gasteiger partial charge in [0.2, 0.25) is 0 Å². The van der Waals surface area contributed by atoms with Crippen LogP contribution >= 0.6 is 15.9 Å². The maximum absolute atomic E-state index is 10.9. The lowest BCUT2D eigenvalue weighted by Gasteiger charge is -2.14. The van der Waals surface area contributed by atoms with Gasteiger partial charge in [-0.2, -0.15) is 0 Å². The number of alkyl halides is 1. The van der Waals surface area contributed by atoms with Crippen LogP contribution in [0.15, 0.2) is 18.2 Å². The highest BCUT2D eigenvalue weighted by Crippen LogP contribution is 2.29. The molecule has 0 fully saturated rings. The lowest BCUT2D eigenvalue weighted by Crippen LogP contribution is -2.07. The van der Waals surface area contributed by atoms with Gasteiger partial charge in [0.25, 0.3) is 5.69 Å². The summed E-state index contributed by atoms with van der Waals surface area (Å²) in [5.41, 5.74) is 1.74. The van der Waals surface area contributed by atoms with Gasteiger partial charge in [0.05, 0.1) is 10.3 Å². The van der Waals surface area contributed by atoms with Crippen LogP contribution in [0, 0.1) is 17.0 Å². The molecule has 1 aromatic heterocycles. The molecular formula is C13H15BrN4O2. The number of aromatic nitrogens is 3. The zero-order valence-electron chi connectivity index (χ0n) is 11.5. The van der Waals surface area contributed by atoms with E-state index in [2.05, 4.69) is 26.1 Å². The fraction of sp³-hybridized carbons (Fsp3) is 0.385. The molecule has 0 N–H and O–H groups in total. The molecule has 0 aliphatic heterocycles. The van der Waals surface area contributed by atoms with E-state index < -0.39 is 4.92 Å². The molecule has 6 nitrogen and oxygen atoms in total. The number of nitro groups is 1. The Kier molecular flexibility index (Phi) is 4.17. The molecular weight excluding hydrogens is 324 g/mol. The van der Waals surface area contributed by atoms with E-state index in [0.717, 1.165) is 17.0 Å². The summed E-state index contributed by atoms with van der Waals surface area (Å²) in [6.07, 6.45) is 0. The number of aryl methyl sites for hydroxylation is 1. The molecule has 0 aliphatic rings. The topological polar surface area (TPSA) is 73.8 Å². The van der Waals surface area contributed by atoms with Crippen molar-refractivity contribution in [3.63, 3.8) is 0 Å². The van der Waals surface area contributed by atoms with Crippen molar-refractivity contribution in [1.82, 2.24) is 14.8 Å². The minimum Gasteiger partial charge on any atom is -0.308 e. The Morgan fingerprint density at radius 1 is 1.40 bits per heavy atom. The van der Waals surface area contributed by atoms with Gasteiger partial charge in [0, 0.05) is 23.7 Å². The lowest BCUT2D eigenvalue weighted by molar-refractivity contribution is -0.384. The molecule has 0 bridgehead atoms. The number of halogens is 1. The van der Waals surface area contributed by atoms with Crippen LogP contribution in [-0.4, -0.2) is 19.7 Å². The van der Waals surface area contributed by atoms with Gasteiger partial charge in [-0.25, -0.2) is 0 Å². The van der Waals surface area contributed by atoms with Crippen molar-refractivity contribution in [2.75, 3.05) is 0 Å². The van der Waals surface area contributed by atoms with Crippen LogP contribution in [0.3, 0.4) is 0 Å². The minimum absolute atomic E-state index is 0.0595. The quantitative estimate of drug-likeness (QED) is 0.484. The van der Waals surface area contributed by atoms with Crippen molar-refractivity contribution in [2.45, 2.75) is 32.1 Å². The van der Waals surface area contributed by atoms with E-state index in [0.29, 0.717) is 11.2 Å². The molecule has 2 aromatic rings. The van der Waals surface area contributed by atoms with Gasteiger partial charge < -0.3 is 4.57 Å². The third-order valence-electron chi connectivity index (χ3n) is 3.08. The second kappa shape index (κ2) is 5.70. The van der Waals surface area contributed by atoms with E-state index >= 15 is 0 Å². The Morgan fingerprint density at radius 3 is 2.65 bits per heavy atom. The summed E-state index contributed by atoms with van der Waals surface area (Å²) < 4.78 is 1.99. The molecule has 0 saturated carbocycles. The van der Waals surface area contributed by atoms with Crippen molar-refractivity contribution >= 4 is 21.6 Å². The molecule has 0 radical (unpaired) electrons. The molecule has 106 valence electrons. The van der Waals surface area contributed by atoms with Gasteiger partial charge in [-0.1, -0.05) is 22.0 Å². The van der Waals surface area contributed by atoms with Crippen LogP contribution in [0.5, 0.6) is 0 Å². The molecule has 1 heterocycles. The van der Waals surface area contributed by atoms with Gasteiger partial charge in [0.1, 0.15) is 5.82 Å². The molecule has 1 aromatic carbocycles. The monoisotopic (exact) mass is 338 g/mol. The molecule has 0 unspecified atom stereocenters. The van der Waals surface area contributed by atoms with Crippen LogP contribution in [0.1, 0.15) is 31.3 Å². The summed E-state index contributed by atoms with van der Waals surface area (Å²) in [7, 11) is 0. The van der Waals surface area contributed by atoms with E-state index in [1.165, 1.54) is 6.07 Å². The number of nitro benzene ring substituents is 1. The van der Waals surface area contributed by atoms with E-state index in [1.807, 2.05) is 25.3 Å². The Hall–Kier alpha value is -1.76. The highest BCUT2D eigenvalue weighted by molar-refractivity contribution is 9.08. The third kappa shape index (κ3) is 2.58. The van der Waals surface area contributed by atoms with E-state index in [9.17, 15) is 10.1 Å². The van der Waals surface area contributed by atoms with E-state index in [1.54, 1.807) is 12.1 Å². The molecule has 20 heavy (non-hydrogen) atoms. The average Bonchev–Trinajstić information content (AvgIpc) is 2.82. The molecule has 0 spiro atoms. The predicted octanol–water partition coefficient (Wildman–Crippen LogP) is 3.64. The van der Waals surface area contributed by atoms with Crippen molar-refractivity contribution in [1.29, 1.82) is 0 Å². The van der Waals surface area contributed by atoms with Crippen LogP contribution < -0.4 is 0 Å². The van der Waals surface area contributed by atoms with Crippen molar-refractivity contribution in [3.05, 3.63) is 39.7 Å². The zero-order chi connectivity index (χ0) is 14.9. The molecule has 7 heteroatoms. The van der Waals surface area contributed by atoms with Crippen LogP contribution in [0.2, 0.25) is 0 Å². The fourth-order valence-electron chi connectivity index (χ4n) is 2.11. The molecule has 0 amide bonds. The highest BCUT2D eigenvalue weighted by atomic mass is 79.9. The predicted molar refractivity (Wildman–Crippen MR) is 79.9 cm³/mol. The Labute approximate surface area is 125 Å². The normalized spacial score (nSPS) is 11.1. The first-order valence-corrected chi connectivity index (χ1v) is 7.33. The maximum Gasteiger partial charge on any atom is 0.270 e. The van der Waals surface area contributed by atoms with Crippen LogP contribution in [-0.2, 0) is 5.33 Å². The summed E-state index contributed by atoms with van der Waals surface area (Å²) >= 11 is 3.39. The highest BCUT2D eigenvalue weighted by Gasteiger charge is 2.19. The Morgan fingerprint density at radius 2 is 2.10 bits per heavy atom. The van der Waals surface area contributed by atoms with Crippen molar-refractivity contribution in [2.24, 2.45) is 0 Å². The van der Waals surface area contributed by atoms with E-state index in [-0.39, 0.29) is 11.7 Å². The number of benzene rings is 1. The molecule has 0 aliphatic carbocycles. The molecule has 2 rings (SSSR count). The summed E-state index contributed by atoms with van der Waals surface area (Å²) in [5, 5.41) is 19.9. The Bertz CT molecular complexity index is 652. The number of rotatable bonds is 4. The van der Waals surface area contributed by atoms with E-state index in [4.69, 9.17) is 0 Å². The van der Waals surface area contributed by atoms with Crippen molar-refractivity contribution in [3.8, 4) is 11.4 Å². The molecule has 0 saturated heterocycles. The number of hydrogen-bond acceptors (Lipinski definition) is 4. The smallest absolute Gasteiger partial charge is 0.270 e. The van der Waals surface area contributed by atoms with Crippen molar-refractivity contribution < 1.29 is 4.92 Å². The van der Waals surface area contributed by atoms with Gasteiger partial charge >= 0.3 is 0 Å². The number of nitrogens with zero attached hydrogens (tertiary/aromatic N) is 4. The molecule has 0 atom stereocenters. The number of non-ortho nitro benzene ring substituents is 1. The summed E-state index contributed by atoms with van der Waals surface area (Å²) in [5.74, 6) is 1.47. The van der Waals surface area contributed by atoms with Gasteiger partial charge in [-0.15, -0.1) is 10.2 Å². The van der Waals surface area contributed by atoms with Gasteiger partial charge in [-0.3, -0.25) is 10.1 Å². The maximum atomic E-state index is 10.9. The lowest BCUT2D eigenvalue weighted by atomic mass is 10.1. The second-order valence-electron chi connectivity index (χ2n) is 4.79. The third-order valence-corrected chi connectivity index (χ3v) is 3.58. The van der Waals surface area contributed by atoms with Crippen LogP contribution in [0.4, 0.5) is 5.69 Å².